The van der Waals surface area contributed by atoms with E-state index in [0.29, 0.717) is 13.2 Å². The summed E-state index contributed by atoms with van der Waals surface area (Å²) in [5, 5.41) is 12.4. The van der Waals surface area contributed by atoms with Crippen molar-refractivity contribution in [2.24, 2.45) is 0 Å². The number of ether oxygens (including phenoxy) is 1. The van der Waals surface area contributed by atoms with E-state index in [0.717, 1.165) is 39.5 Å². The summed E-state index contributed by atoms with van der Waals surface area (Å²) in [6.45, 7) is 16.8. The fourth-order valence-corrected chi connectivity index (χ4v) is 2.85. The zero-order valence-electron chi connectivity index (χ0n) is 17.0. The van der Waals surface area contributed by atoms with Gasteiger partial charge in [-0.25, -0.2) is 0 Å². The first-order chi connectivity index (χ1) is 13.4. The molecule has 0 saturated heterocycles. The number of anilines is 1. The van der Waals surface area contributed by atoms with Crippen LogP contribution >= 0.6 is 11.8 Å². The van der Waals surface area contributed by atoms with Crippen LogP contribution < -0.4 is 5.32 Å². The Labute approximate surface area is 174 Å². The topological polar surface area (TPSA) is 41.5 Å². The van der Waals surface area contributed by atoms with Gasteiger partial charge in [-0.15, -0.1) is 0 Å². The van der Waals surface area contributed by atoms with E-state index in [4.69, 9.17) is 9.84 Å². The van der Waals surface area contributed by atoms with Gasteiger partial charge in [0.25, 0.3) is 0 Å². The van der Waals surface area contributed by atoms with Crippen molar-refractivity contribution >= 4 is 17.4 Å². The van der Waals surface area contributed by atoms with Gasteiger partial charge in [0.15, 0.2) is 0 Å². The fourth-order valence-electron chi connectivity index (χ4n) is 2.33. The monoisotopic (exact) mass is 397 g/mol. The number of hydrogen-bond donors (Lipinski definition) is 2. The summed E-state index contributed by atoms with van der Waals surface area (Å²) in [4.78, 5) is 1.78. The van der Waals surface area contributed by atoms with Crippen LogP contribution in [0.15, 0.2) is 71.5 Å². The van der Waals surface area contributed by atoms with Gasteiger partial charge in [0, 0.05) is 17.8 Å². The molecule has 0 bridgehead atoms. The van der Waals surface area contributed by atoms with Crippen LogP contribution in [-0.2, 0) is 4.74 Å². The molecule has 3 nitrogen and oxygen atoms in total. The predicted molar refractivity (Wildman–Crippen MR) is 123 cm³/mol. The molecule has 0 aromatic heterocycles. The Hall–Kier alpha value is -2.19. The average Bonchev–Trinajstić information content (AvgIpc) is 2.67. The van der Waals surface area contributed by atoms with E-state index in [1.54, 1.807) is 0 Å². The summed E-state index contributed by atoms with van der Waals surface area (Å²) < 4.78 is 5.91. The van der Waals surface area contributed by atoms with Crippen LogP contribution in [0.2, 0.25) is 0 Å². The molecule has 1 unspecified atom stereocenters. The number of benzene rings is 1. The Morgan fingerprint density at radius 1 is 1.29 bits per heavy atom. The maximum absolute atomic E-state index is 9.05. The number of aliphatic hydroxyl groups is 1. The Bertz CT molecular complexity index is 738. The normalized spacial score (nSPS) is 11.5. The summed E-state index contributed by atoms with van der Waals surface area (Å²) >= 11 is 1.49. The van der Waals surface area contributed by atoms with Crippen LogP contribution in [0.25, 0.3) is 0 Å². The molecule has 0 saturated carbocycles. The van der Waals surface area contributed by atoms with Crippen LogP contribution in [0, 0.1) is 11.8 Å². The van der Waals surface area contributed by atoms with E-state index in [2.05, 4.69) is 36.9 Å². The highest BCUT2D eigenvalue weighted by Crippen LogP contribution is 2.20. The minimum absolute atomic E-state index is 0.0331. The lowest BCUT2D eigenvalue weighted by atomic mass is 10.1. The maximum atomic E-state index is 9.05. The second-order valence-electron chi connectivity index (χ2n) is 6.36. The predicted octanol–water partition coefficient (Wildman–Crippen LogP) is 5.52. The Morgan fingerprint density at radius 2 is 2.00 bits per heavy atom. The SMILES string of the molecule is C=C(CO)CCC(C=CC)OCCNc1ccc(C#CC(=C)SC(=C)C)cc1. The van der Waals surface area contributed by atoms with E-state index in [1.165, 1.54) is 11.8 Å². The van der Waals surface area contributed by atoms with Gasteiger partial charge >= 0.3 is 0 Å². The van der Waals surface area contributed by atoms with Crippen molar-refractivity contribution in [1.82, 2.24) is 0 Å². The van der Waals surface area contributed by atoms with Gasteiger partial charge in [-0.3, -0.25) is 0 Å². The van der Waals surface area contributed by atoms with Crippen LogP contribution in [0.5, 0.6) is 0 Å². The summed E-state index contributed by atoms with van der Waals surface area (Å²) in [7, 11) is 0. The smallest absolute Gasteiger partial charge is 0.0759 e. The summed E-state index contributed by atoms with van der Waals surface area (Å²) in [6, 6.07) is 7.98. The van der Waals surface area contributed by atoms with Crippen molar-refractivity contribution in [2.75, 3.05) is 25.1 Å². The Kier molecular flexibility index (Phi) is 11.8. The van der Waals surface area contributed by atoms with E-state index in [-0.39, 0.29) is 12.7 Å². The van der Waals surface area contributed by atoms with Gasteiger partial charge in [0.2, 0.25) is 0 Å². The van der Waals surface area contributed by atoms with Gasteiger partial charge in [0.1, 0.15) is 0 Å². The molecular formula is C24H31NO2S. The van der Waals surface area contributed by atoms with Crippen LogP contribution in [0.4, 0.5) is 5.69 Å². The lowest BCUT2D eigenvalue weighted by Gasteiger charge is -2.15. The Balaban J connectivity index is 2.40. The zero-order valence-corrected chi connectivity index (χ0v) is 17.8. The minimum Gasteiger partial charge on any atom is -0.392 e. The molecule has 0 heterocycles. The van der Waals surface area contributed by atoms with E-state index in [9.17, 15) is 0 Å². The summed E-state index contributed by atoms with van der Waals surface area (Å²) in [5.74, 6) is 6.14. The van der Waals surface area contributed by atoms with Crippen molar-refractivity contribution in [1.29, 1.82) is 0 Å². The molecule has 0 aliphatic heterocycles. The number of rotatable bonds is 12. The van der Waals surface area contributed by atoms with Crippen LogP contribution in [0.1, 0.15) is 32.3 Å². The molecule has 0 spiro atoms. The van der Waals surface area contributed by atoms with Crippen LogP contribution in [0.3, 0.4) is 0 Å². The number of nitrogens with one attached hydrogen (secondary N) is 1. The number of thioether (sulfide) groups is 1. The third-order valence-electron chi connectivity index (χ3n) is 3.70. The molecule has 2 N–H and O–H groups in total. The molecule has 1 aromatic rings. The third kappa shape index (κ3) is 10.8. The van der Waals surface area contributed by atoms with Crippen LogP contribution in [-0.4, -0.2) is 31.0 Å². The van der Waals surface area contributed by atoms with Gasteiger partial charge in [-0.2, -0.15) is 0 Å². The van der Waals surface area contributed by atoms with Crippen molar-refractivity contribution in [3.8, 4) is 11.8 Å². The highest BCUT2D eigenvalue weighted by atomic mass is 32.2. The summed E-state index contributed by atoms with van der Waals surface area (Å²) in [6.07, 6.45) is 5.66. The molecule has 0 aliphatic carbocycles. The van der Waals surface area contributed by atoms with E-state index >= 15 is 0 Å². The van der Waals surface area contributed by atoms with Crippen molar-refractivity contribution < 1.29 is 9.84 Å². The number of hydrogen-bond acceptors (Lipinski definition) is 4. The lowest BCUT2D eigenvalue weighted by molar-refractivity contribution is 0.0871. The van der Waals surface area contributed by atoms with Gasteiger partial charge in [0.05, 0.1) is 24.2 Å². The molecule has 4 heteroatoms. The molecule has 1 aromatic carbocycles. The second kappa shape index (κ2) is 13.9. The van der Waals surface area contributed by atoms with Gasteiger partial charge in [-0.05, 0) is 55.9 Å². The van der Waals surface area contributed by atoms with E-state index < -0.39 is 0 Å². The molecule has 1 atom stereocenters. The molecule has 0 amide bonds. The van der Waals surface area contributed by atoms with Gasteiger partial charge < -0.3 is 15.2 Å². The third-order valence-corrected chi connectivity index (χ3v) is 4.40. The maximum Gasteiger partial charge on any atom is 0.0759 e. The van der Waals surface area contributed by atoms with Gasteiger partial charge in [-0.1, -0.05) is 61.1 Å². The first kappa shape index (κ1) is 23.8. The molecular weight excluding hydrogens is 366 g/mol. The lowest BCUT2D eigenvalue weighted by Crippen LogP contribution is -2.17. The molecule has 0 aliphatic rings. The zero-order chi connectivity index (χ0) is 20.8. The Morgan fingerprint density at radius 3 is 2.61 bits per heavy atom. The minimum atomic E-state index is 0.0331. The first-order valence-electron chi connectivity index (χ1n) is 9.34. The molecule has 0 fully saturated rings. The molecule has 0 radical (unpaired) electrons. The van der Waals surface area contributed by atoms with Crippen molar-refractivity contribution in [2.45, 2.75) is 32.8 Å². The van der Waals surface area contributed by atoms with Crippen molar-refractivity contribution in [3.63, 3.8) is 0 Å². The molecule has 150 valence electrons. The summed E-state index contributed by atoms with van der Waals surface area (Å²) in [5.41, 5.74) is 2.81. The molecule has 1 rings (SSSR count). The fraction of sp³-hybridized carbons (Fsp3) is 0.333. The number of aliphatic hydroxyl groups excluding tert-OH is 1. The average molecular weight is 398 g/mol. The van der Waals surface area contributed by atoms with Crippen molar-refractivity contribution in [3.05, 3.63) is 77.1 Å². The standard InChI is InChI=1S/C24H31NO2S/c1-6-7-24(15-8-20(4)18-26)27-17-16-25-23-13-11-22(12-14-23)10-9-21(5)28-19(2)3/h6-7,11-14,24-26H,2,4-5,8,15-18H2,1,3H3. The highest BCUT2D eigenvalue weighted by Gasteiger charge is 2.05. The quantitative estimate of drug-likeness (QED) is 0.277. The molecule has 28 heavy (non-hydrogen) atoms. The second-order valence-corrected chi connectivity index (χ2v) is 7.76. The van der Waals surface area contributed by atoms with E-state index in [1.807, 2.05) is 50.3 Å². The highest BCUT2D eigenvalue weighted by molar-refractivity contribution is 8.06. The largest absolute Gasteiger partial charge is 0.392 e. The first-order valence-corrected chi connectivity index (χ1v) is 10.2. The number of allylic oxidation sites excluding steroid dienone is 3.